The molecule has 0 aliphatic heterocycles. The first-order valence-corrected chi connectivity index (χ1v) is 13.9. The fourth-order valence-corrected chi connectivity index (χ4v) is 3.98. The van der Waals surface area contributed by atoms with E-state index in [2.05, 4.69) is 33.9 Å². The highest BCUT2D eigenvalue weighted by molar-refractivity contribution is 6.74. The Morgan fingerprint density at radius 2 is 1.81 bits per heavy atom. The number of rotatable bonds is 13. The van der Waals surface area contributed by atoms with Gasteiger partial charge in [-0.3, -0.25) is 0 Å². The third-order valence-electron chi connectivity index (χ3n) is 5.44. The summed E-state index contributed by atoms with van der Waals surface area (Å²) < 4.78 is 22.6. The van der Waals surface area contributed by atoms with Crippen LogP contribution in [0.25, 0.3) is 0 Å². The van der Waals surface area contributed by atoms with Crippen LogP contribution in [0.3, 0.4) is 0 Å². The largest absolute Gasteiger partial charge is 0.497 e. The molecular formula is C25H40O5Si. The summed E-state index contributed by atoms with van der Waals surface area (Å²) in [5.41, 5.74) is 1.12. The summed E-state index contributed by atoms with van der Waals surface area (Å²) in [5.74, 6) is 0.517. The fourth-order valence-electron chi connectivity index (χ4n) is 2.58. The van der Waals surface area contributed by atoms with Gasteiger partial charge in [-0.15, -0.1) is 0 Å². The summed E-state index contributed by atoms with van der Waals surface area (Å²) in [7, 11) is -0.233. The van der Waals surface area contributed by atoms with Crippen molar-refractivity contribution in [3.05, 3.63) is 54.1 Å². The molecule has 1 rings (SSSR count). The molecule has 1 aromatic carbocycles. The van der Waals surface area contributed by atoms with Crippen molar-refractivity contribution >= 4 is 14.3 Å². The third kappa shape index (κ3) is 10.8. The highest BCUT2D eigenvalue weighted by Crippen LogP contribution is 2.38. The lowest BCUT2D eigenvalue weighted by Crippen LogP contribution is -2.44. The van der Waals surface area contributed by atoms with Gasteiger partial charge in [-0.2, -0.15) is 0 Å². The van der Waals surface area contributed by atoms with Crippen molar-refractivity contribution in [1.29, 1.82) is 0 Å². The van der Waals surface area contributed by atoms with Crippen molar-refractivity contribution in [2.24, 2.45) is 0 Å². The normalized spacial score (nSPS) is 13.6. The second-order valence-corrected chi connectivity index (χ2v) is 13.7. The number of esters is 1. The minimum absolute atomic E-state index is 0.0732. The molecule has 0 fully saturated rings. The second kappa shape index (κ2) is 13.5. The van der Waals surface area contributed by atoms with Gasteiger partial charge in [0.1, 0.15) is 5.75 Å². The Morgan fingerprint density at radius 1 is 1.13 bits per heavy atom. The van der Waals surface area contributed by atoms with Crippen molar-refractivity contribution in [3.8, 4) is 5.75 Å². The van der Waals surface area contributed by atoms with Crippen LogP contribution < -0.4 is 4.74 Å². The molecule has 31 heavy (non-hydrogen) atoms. The summed E-state index contributed by atoms with van der Waals surface area (Å²) in [6, 6.07) is 7.91. The number of carbonyl (C=O) groups is 1. The zero-order valence-electron chi connectivity index (χ0n) is 20.3. The molecule has 0 saturated heterocycles. The predicted octanol–water partition coefficient (Wildman–Crippen LogP) is 6.06. The van der Waals surface area contributed by atoms with Crippen LogP contribution in [0.5, 0.6) is 5.75 Å². The first-order chi connectivity index (χ1) is 14.6. The van der Waals surface area contributed by atoms with Gasteiger partial charge in [0.2, 0.25) is 0 Å². The van der Waals surface area contributed by atoms with E-state index in [-0.39, 0.29) is 17.1 Å². The number of ether oxygens (including phenoxy) is 3. The van der Waals surface area contributed by atoms with Crippen LogP contribution in [-0.2, 0) is 25.3 Å². The Labute approximate surface area is 189 Å². The zero-order chi connectivity index (χ0) is 23.3. The van der Waals surface area contributed by atoms with Crippen molar-refractivity contribution in [3.63, 3.8) is 0 Å². The summed E-state index contributed by atoms with van der Waals surface area (Å²) in [4.78, 5) is 11.4. The molecule has 0 saturated carbocycles. The molecule has 0 aromatic heterocycles. The van der Waals surface area contributed by atoms with Crippen LogP contribution in [0.1, 0.15) is 46.1 Å². The van der Waals surface area contributed by atoms with E-state index in [9.17, 15) is 4.79 Å². The SMILES string of the molecule is CCOC(=O)/C=C/C=C\C[C@@H](CCOCc1ccc(OC)cc1)O[Si](C)(C)C(C)(C)C. The first-order valence-electron chi connectivity index (χ1n) is 11.0. The van der Waals surface area contributed by atoms with Gasteiger partial charge in [-0.25, -0.2) is 4.79 Å². The second-order valence-electron chi connectivity index (χ2n) is 8.96. The zero-order valence-corrected chi connectivity index (χ0v) is 21.3. The van der Waals surface area contributed by atoms with Gasteiger partial charge in [-0.1, -0.05) is 51.1 Å². The molecule has 0 aliphatic rings. The minimum atomic E-state index is -1.90. The van der Waals surface area contributed by atoms with Crippen molar-refractivity contribution in [2.75, 3.05) is 20.3 Å². The standard InChI is InChI=1S/C25H40O5Si/c1-8-29-24(26)13-11-9-10-12-23(30-31(6,7)25(2,3)4)18-19-28-20-21-14-16-22(27-5)17-15-21/h9-11,13-17,23H,8,12,18-20H2,1-7H3/b10-9-,13-11+/t23-/m0/s1. The molecule has 0 heterocycles. The molecule has 0 amide bonds. The molecule has 0 unspecified atom stereocenters. The highest BCUT2D eigenvalue weighted by Gasteiger charge is 2.38. The molecule has 0 radical (unpaired) electrons. The molecular weight excluding hydrogens is 408 g/mol. The van der Waals surface area contributed by atoms with Crippen molar-refractivity contribution in [2.45, 2.75) is 71.4 Å². The van der Waals surface area contributed by atoms with E-state index < -0.39 is 8.32 Å². The molecule has 1 atom stereocenters. The smallest absolute Gasteiger partial charge is 0.330 e. The van der Waals surface area contributed by atoms with Crippen LogP contribution in [0.15, 0.2) is 48.6 Å². The third-order valence-corrected chi connectivity index (χ3v) is 9.98. The predicted molar refractivity (Wildman–Crippen MR) is 129 cm³/mol. The quantitative estimate of drug-likeness (QED) is 0.121. The maximum Gasteiger partial charge on any atom is 0.330 e. The minimum Gasteiger partial charge on any atom is -0.497 e. The fraction of sp³-hybridized carbons (Fsp3) is 0.560. The molecule has 1 aromatic rings. The van der Waals surface area contributed by atoms with E-state index in [0.717, 1.165) is 24.2 Å². The van der Waals surface area contributed by atoms with Crippen LogP contribution in [0, 0.1) is 0 Å². The van der Waals surface area contributed by atoms with E-state index in [4.69, 9.17) is 18.6 Å². The summed E-state index contributed by atoms with van der Waals surface area (Å²) in [5, 5.41) is 0.142. The van der Waals surface area contributed by atoms with Crippen LogP contribution in [0.2, 0.25) is 18.1 Å². The van der Waals surface area contributed by atoms with Crippen LogP contribution in [-0.4, -0.2) is 40.7 Å². The molecule has 5 nitrogen and oxygen atoms in total. The van der Waals surface area contributed by atoms with E-state index in [1.807, 2.05) is 36.4 Å². The molecule has 174 valence electrons. The van der Waals surface area contributed by atoms with E-state index in [0.29, 0.717) is 19.8 Å². The molecule has 0 N–H and O–H groups in total. The lowest BCUT2D eigenvalue weighted by atomic mass is 10.2. The van der Waals surface area contributed by atoms with Gasteiger partial charge < -0.3 is 18.6 Å². The highest BCUT2D eigenvalue weighted by atomic mass is 28.4. The lowest BCUT2D eigenvalue weighted by Gasteiger charge is -2.39. The summed E-state index contributed by atoms with van der Waals surface area (Å²) >= 11 is 0. The van der Waals surface area contributed by atoms with Crippen molar-refractivity contribution in [1.82, 2.24) is 0 Å². The number of carbonyl (C=O) groups excluding carboxylic acids is 1. The number of benzene rings is 1. The van der Waals surface area contributed by atoms with Gasteiger partial charge in [-0.05, 0) is 55.6 Å². The molecule has 0 aliphatic carbocycles. The Bertz CT molecular complexity index is 702. The topological polar surface area (TPSA) is 54.0 Å². The van der Waals surface area contributed by atoms with Crippen molar-refractivity contribution < 1.29 is 23.4 Å². The van der Waals surface area contributed by atoms with Crippen LogP contribution in [0.4, 0.5) is 0 Å². The van der Waals surface area contributed by atoms with E-state index in [1.54, 1.807) is 20.1 Å². The maximum absolute atomic E-state index is 11.4. The number of hydrogen-bond acceptors (Lipinski definition) is 5. The number of methoxy groups -OCH3 is 1. The average molecular weight is 449 g/mol. The van der Waals surface area contributed by atoms with Gasteiger partial charge in [0.15, 0.2) is 8.32 Å². The van der Waals surface area contributed by atoms with E-state index in [1.165, 1.54) is 6.08 Å². The summed E-state index contributed by atoms with van der Waals surface area (Å²) in [6.07, 6.45) is 8.71. The van der Waals surface area contributed by atoms with Gasteiger partial charge in [0.05, 0.1) is 26.4 Å². The molecule has 6 heteroatoms. The first kappa shape index (κ1) is 27.1. The maximum atomic E-state index is 11.4. The monoisotopic (exact) mass is 448 g/mol. The number of hydrogen-bond donors (Lipinski definition) is 0. The Hall–Kier alpha value is -1.89. The van der Waals surface area contributed by atoms with Gasteiger partial charge in [0.25, 0.3) is 0 Å². The van der Waals surface area contributed by atoms with E-state index >= 15 is 0 Å². The Kier molecular flexibility index (Phi) is 11.8. The number of allylic oxidation sites excluding steroid dienone is 2. The Balaban J connectivity index is 2.61. The average Bonchev–Trinajstić information content (AvgIpc) is 2.70. The summed E-state index contributed by atoms with van der Waals surface area (Å²) in [6.45, 7) is 14.6. The lowest BCUT2D eigenvalue weighted by molar-refractivity contribution is -0.137. The molecule has 0 spiro atoms. The Morgan fingerprint density at radius 3 is 2.39 bits per heavy atom. The van der Waals surface area contributed by atoms with Gasteiger partial charge in [0, 0.05) is 12.7 Å². The van der Waals surface area contributed by atoms with Crippen LogP contribution >= 0.6 is 0 Å². The van der Waals surface area contributed by atoms with Gasteiger partial charge >= 0.3 is 5.97 Å². The molecule has 0 bridgehead atoms.